The van der Waals surface area contributed by atoms with Crippen LogP contribution in [0, 0.1) is 0 Å². The smallest absolute Gasteiger partial charge is 0.338 e. The molecule has 1 aromatic heterocycles. The monoisotopic (exact) mass is 393 g/mol. The fourth-order valence-corrected chi connectivity index (χ4v) is 3.51. The maximum absolute atomic E-state index is 12.2. The van der Waals surface area contributed by atoms with Crippen LogP contribution in [0.15, 0.2) is 57.7 Å². The quantitative estimate of drug-likeness (QED) is 0.623. The third kappa shape index (κ3) is 4.57. The van der Waals surface area contributed by atoms with Crippen LogP contribution in [0.3, 0.4) is 0 Å². The Morgan fingerprint density at radius 3 is 2.52 bits per heavy atom. The summed E-state index contributed by atoms with van der Waals surface area (Å²) in [6, 6.07) is 14.1. The highest BCUT2D eigenvalue weighted by Gasteiger charge is 2.15. The second-order valence-electron chi connectivity index (χ2n) is 7.07. The van der Waals surface area contributed by atoms with E-state index in [-0.39, 0.29) is 5.91 Å². The first-order valence-electron chi connectivity index (χ1n) is 9.62. The number of benzene rings is 2. The molecule has 0 bridgehead atoms. The van der Waals surface area contributed by atoms with E-state index in [1.807, 2.05) is 36.4 Å². The van der Waals surface area contributed by atoms with Crippen LogP contribution in [-0.4, -0.2) is 37.6 Å². The fourth-order valence-electron chi connectivity index (χ4n) is 3.51. The first-order chi connectivity index (χ1) is 14.1. The van der Waals surface area contributed by atoms with Gasteiger partial charge in [-0.05, 0) is 62.3 Å². The summed E-state index contributed by atoms with van der Waals surface area (Å²) in [5, 5.41) is 6.94. The van der Waals surface area contributed by atoms with Gasteiger partial charge in [-0.3, -0.25) is 9.69 Å². The number of hydrogen-bond donors (Lipinski definition) is 2. The SMILES string of the molecule is COc1ccc2c(Nc3ccc(NC(=O)CN4CCCC4)cc3)cc(=O)oc2c1. The Hall–Kier alpha value is -3.32. The maximum Gasteiger partial charge on any atom is 0.338 e. The molecule has 29 heavy (non-hydrogen) atoms. The molecule has 2 heterocycles. The lowest BCUT2D eigenvalue weighted by Crippen LogP contribution is -2.30. The molecule has 0 spiro atoms. The van der Waals surface area contributed by atoms with Gasteiger partial charge >= 0.3 is 5.63 Å². The average Bonchev–Trinajstić information content (AvgIpc) is 3.21. The van der Waals surface area contributed by atoms with Gasteiger partial charge in [-0.1, -0.05) is 0 Å². The normalized spacial score (nSPS) is 14.1. The summed E-state index contributed by atoms with van der Waals surface area (Å²) in [5.74, 6) is 0.611. The zero-order chi connectivity index (χ0) is 20.2. The molecule has 0 unspecified atom stereocenters. The summed E-state index contributed by atoms with van der Waals surface area (Å²) >= 11 is 0. The van der Waals surface area contributed by atoms with Crippen molar-refractivity contribution < 1.29 is 13.9 Å². The molecule has 1 fully saturated rings. The number of carbonyl (C=O) groups is 1. The number of methoxy groups -OCH3 is 1. The standard InChI is InChI=1S/C22H23N3O4/c1-28-17-8-9-18-19(13-22(27)29-20(18)12-17)23-15-4-6-16(7-5-15)24-21(26)14-25-10-2-3-11-25/h4-9,12-13,23H,2-3,10-11,14H2,1H3,(H,24,26). The molecule has 4 rings (SSSR count). The molecular weight excluding hydrogens is 370 g/mol. The van der Waals surface area contributed by atoms with Gasteiger partial charge in [-0.2, -0.15) is 0 Å². The Morgan fingerprint density at radius 1 is 1.07 bits per heavy atom. The van der Waals surface area contributed by atoms with Gasteiger partial charge in [0, 0.05) is 28.9 Å². The number of nitrogens with zero attached hydrogens (tertiary/aromatic N) is 1. The van der Waals surface area contributed by atoms with E-state index in [9.17, 15) is 9.59 Å². The first kappa shape index (κ1) is 19.0. The molecule has 0 saturated carbocycles. The molecule has 1 aliphatic rings. The summed E-state index contributed by atoms with van der Waals surface area (Å²) in [4.78, 5) is 26.2. The van der Waals surface area contributed by atoms with E-state index in [4.69, 9.17) is 9.15 Å². The Morgan fingerprint density at radius 2 is 1.79 bits per heavy atom. The minimum Gasteiger partial charge on any atom is -0.497 e. The largest absolute Gasteiger partial charge is 0.497 e. The number of nitrogens with one attached hydrogen (secondary N) is 2. The lowest BCUT2D eigenvalue weighted by Gasteiger charge is -2.14. The molecule has 150 valence electrons. The Balaban J connectivity index is 1.47. The van der Waals surface area contributed by atoms with Gasteiger partial charge in [-0.15, -0.1) is 0 Å². The summed E-state index contributed by atoms with van der Waals surface area (Å²) in [6.07, 6.45) is 2.32. The highest BCUT2D eigenvalue weighted by Crippen LogP contribution is 2.28. The molecule has 0 aliphatic carbocycles. The van der Waals surface area contributed by atoms with Crippen LogP contribution >= 0.6 is 0 Å². The van der Waals surface area contributed by atoms with E-state index in [1.54, 1.807) is 13.2 Å². The van der Waals surface area contributed by atoms with Crippen LogP contribution in [0.2, 0.25) is 0 Å². The Bertz CT molecular complexity index is 1070. The lowest BCUT2D eigenvalue weighted by molar-refractivity contribution is -0.117. The van der Waals surface area contributed by atoms with Gasteiger partial charge in [0.2, 0.25) is 5.91 Å². The number of ether oxygens (including phenoxy) is 1. The molecule has 1 saturated heterocycles. The molecule has 2 N–H and O–H groups in total. The van der Waals surface area contributed by atoms with Crippen LogP contribution < -0.4 is 21.0 Å². The molecule has 2 aromatic carbocycles. The number of fused-ring (bicyclic) bond motifs is 1. The number of hydrogen-bond acceptors (Lipinski definition) is 6. The minimum atomic E-state index is -0.445. The van der Waals surface area contributed by atoms with Crippen LogP contribution in [0.4, 0.5) is 17.1 Å². The van der Waals surface area contributed by atoms with Crippen molar-refractivity contribution in [2.45, 2.75) is 12.8 Å². The van der Waals surface area contributed by atoms with Crippen molar-refractivity contribution in [3.05, 3.63) is 59.0 Å². The van der Waals surface area contributed by atoms with Crippen LogP contribution in [-0.2, 0) is 4.79 Å². The Labute approximate surface area is 168 Å². The molecule has 3 aromatic rings. The van der Waals surface area contributed by atoms with Crippen LogP contribution in [0.5, 0.6) is 5.75 Å². The van der Waals surface area contributed by atoms with Crippen molar-refractivity contribution in [2.75, 3.05) is 37.4 Å². The summed E-state index contributed by atoms with van der Waals surface area (Å²) in [6.45, 7) is 2.40. The average molecular weight is 393 g/mol. The molecule has 0 radical (unpaired) electrons. The number of likely N-dealkylation sites (tertiary alicyclic amines) is 1. The fraction of sp³-hybridized carbons (Fsp3) is 0.273. The predicted octanol–water partition coefficient (Wildman–Crippen LogP) is 3.58. The van der Waals surface area contributed by atoms with E-state index in [0.29, 0.717) is 23.6 Å². The first-order valence-corrected chi connectivity index (χ1v) is 9.62. The van der Waals surface area contributed by atoms with Gasteiger partial charge in [0.25, 0.3) is 0 Å². The second-order valence-corrected chi connectivity index (χ2v) is 7.07. The molecular formula is C22H23N3O4. The number of amides is 1. The molecule has 7 nitrogen and oxygen atoms in total. The van der Waals surface area contributed by atoms with E-state index in [1.165, 1.54) is 6.07 Å². The van der Waals surface area contributed by atoms with Gasteiger partial charge in [0.1, 0.15) is 11.3 Å². The van der Waals surface area contributed by atoms with E-state index in [0.717, 1.165) is 42.7 Å². The van der Waals surface area contributed by atoms with E-state index < -0.39 is 5.63 Å². The third-order valence-corrected chi connectivity index (χ3v) is 4.97. The Kier molecular flexibility index (Phi) is 5.48. The molecule has 1 aliphatic heterocycles. The van der Waals surface area contributed by atoms with Crippen molar-refractivity contribution in [3.63, 3.8) is 0 Å². The second kappa shape index (κ2) is 8.36. The zero-order valence-electron chi connectivity index (χ0n) is 16.2. The lowest BCUT2D eigenvalue weighted by atomic mass is 10.2. The van der Waals surface area contributed by atoms with Crippen molar-refractivity contribution in [1.82, 2.24) is 4.90 Å². The number of anilines is 3. The van der Waals surface area contributed by atoms with Gasteiger partial charge in [0.15, 0.2) is 0 Å². The van der Waals surface area contributed by atoms with Crippen molar-refractivity contribution >= 4 is 33.9 Å². The van der Waals surface area contributed by atoms with Crippen molar-refractivity contribution in [3.8, 4) is 5.75 Å². The number of carbonyl (C=O) groups excluding carboxylic acids is 1. The highest BCUT2D eigenvalue weighted by molar-refractivity contribution is 5.94. The van der Waals surface area contributed by atoms with Gasteiger partial charge in [-0.25, -0.2) is 4.79 Å². The molecule has 0 atom stereocenters. The molecule has 1 amide bonds. The predicted molar refractivity (Wildman–Crippen MR) is 113 cm³/mol. The zero-order valence-corrected chi connectivity index (χ0v) is 16.2. The molecule has 7 heteroatoms. The van der Waals surface area contributed by atoms with E-state index >= 15 is 0 Å². The van der Waals surface area contributed by atoms with E-state index in [2.05, 4.69) is 15.5 Å². The van der Waals surface area contributed by atoms with Crippen molar-refractivity contribution in [1.29, 1.82) is 0 Å². The topological polar surface area (TPSA) is 83.8 Å². The minimum absolute atomic E-state index is 0.00628. The van der Waals surface area contributed by atoms with Gasteiger partial charge < -0.3 is 19.8 Å². The van der Waals surface area contributed by atoms with Crippen LogP contribution in [0.25, 0.3) is 11.0 Å². The maximum atomic E-state index is 12.2. The summed E-state index contributed by atoms with van der Waals surface area (Å²) in [7, 11) is 1.56. The highest BCUT2D eigenvalue weighted by atomic mass is 16.5. The summed E-state index contributed by atoms with van der Waals surface area (Å²) in [5.41, 5.74) is 2.18. The number of rotatable bonds is 6. The third-order valence-electron chi connectivity index (χ3n) is 4.97. The van der Waals surface area contributed by atoms with Crippen molar-refractivity contribution in [2.24, 2.45) is 0 Å². The van der Waals surface area contributed by atoms with Crippen LogP contribution in [0.1, 0.15) is 12.8 Å². The van der Waals surface area contributed by atoms with Gasteiger partial charge in [0.05, 0.1) is 19.3 Å². The summed E-state index contributed by atoms with van der Waals surface area (Å²) < 4.78 is 10.5.